The molecule has 1 aromatic carbocycles. The van der Waals surface area contributed by atoms with Crippen LogP contribution in [0, 0.1) is 5.92 Å². The van der Waals surface area contributed by atoms with Crippen LogP contribution in [0.5, 0.6) is 0 Å². The lowest BCUT2D eigenvalue weighted by atomic mass is 9.78. The lowest BCUT2D eigenvalue weighted by molar-refractivity contribution is -0.0223. The molecule has 1 aliphatic heterocycles. The molecule has 1 aromatic rings. The zero-order valence-corrected chi connectivity index (χ0v) is 13.7. The van der Waals surface area contributed by atoms with Crippen LogP contribution in [0.4, 0.5) is 0 Å². The zero-order valence-electron chi connectivity index (χ0n) is 12.9. The summed E-state index contributed by atoms with van der Waals surface area (Å²) in [5, 5.41) is 9.97. The Kier molecular flexibility index (Phi) is 4.71. The smallest absolute Gasteiger partial charge is 0.255 e. The number of β-amino-alcohol motifs (C(OH)–C–C–N with tert-alkyl or cyclic N) is 1. The van der Waals surface area contributed by atoms with Crippen LogP contribution in [0.1, 0.15) is 29.6 Å². The molecule has 0 spiro atoms. The lowest BCUT2D eigenvalue weighted by Gasteiger charge is -2.45. The number of hydrogen-bond donors (Lipinski definition) is 1. The number of rotatable bonds is 5. The first-order chi connectivity index (χ1) is 10.6. The van der Waals surface area contributed by atoms with E-state index in [4.69, 9.17) is 11.6 Å². The number of hydrogen-bond acceptors (Lipinski definition) is 3. The SMILES string of the molecule is CN(C(=O)c1ccccc1Cl)C(CN1CC(O)C1)C1CCC1. The van der Waals surface area contributed by atoms with Crippen LogP contribution in [-0.4, -0.2) is 59.6 Å². The van der Waals surface area contributed by atoms with Gasteiger partial charge in [-0.05, 0) is 30.9 Å². The van der Waals surface area contributed by atoms with E-state index in [0.29, 0.717) is 16.5 Å². The minimum atomic E-state index is -0.202. The van der Waals surface area contributed by atoms with Gasteiger partial charge in [0.2, 0.25) is 0 Å². The Hall–Kier alpha value is -1.10. The highest BCUT2D eigenvalue weighted by atomic mass is 35.5. The van der Waals surface area contributed by atoms with Gasteiger partial charge in [0.25, 0.3) is 5.91 Å². The molecule has 2 aliphatic rings. The molecule has 2 fully saturated rings. The molecule has 1 saturated heterocycles. The van der Waals surface area contributed by atoms with E-state index in [1.54, 1.807) is 12.1 Å². The lowest BCUT2D eigenvalue weighted by Crippen LogP contribution is -2.58. The number of nitrogens with zero attached hydrogens (tertiary/aromatic N) is 2. The van der Waals surface area contributed by atoms with Crippen LogP contribution >= 0.6 is 11.6 Å². The number of likely N-dealkylation sites (N-methyl/N-ethyl adjacent to an activating group) is 1. The Labute approximate surface area is 136 Å². The molecule has 1 aliphatic carbocycles. The van der Waals surface area contributed by atoms with Gasteiger partial charge in [0.15, 0.2) is 0 Å². The van der Waals surface area contributed by atoms with Gasteiger partial charge in [0, 0.05) is 32.7 Å². The number of carbonyl (C=O) groups excluding carboxylic acids is 1. The van der Waals surface area contributed by atoms with Crippen molar-refractivity contribution in [3.05, 3.63) is 34.9 Å². The third kappa shape index (κ3) is 3.14. The van der Waals surface area contributed by atoms with E-state index < -0.39 is 0 Å². The summed E-state index contributed by atoms with van der Waals surface area (Å²) in [4.78, 5) is 16.9. The summed E-state index contributed by atoms with van der Waals surface area (Å²) in [6.07, 6.45) is 3.41. The summed E-state index contributed by atoms with van der Waals surface area (Å²) in [7, 11) is 1.88. The van der Waals surface area contributed by atoms with Gasteiger partial charge >= 0.3 is 0 Å². The van der Waals surface area contributed by atoms with E-state index in [2.05, 4.69) is 4.90 Å². The number of aliphatic hydroxyl groups is 1. The molecule has 1 atom stereocenters. The number of benzene rings is 1. The Morgan fingerprint density at radius 2 is 2.09 bits per heavy atom. The summed E-state index contributed by atoms with van der Waals surface area (Å²) in [5.41, 5.74) is 0.569. The van der Waals surface area contributed by atoms with E-state index in [9.17, 15) is 9.90 Å². The first-order valence-corrected chi connectivity index (χ1v) is 8.36. The van der Waals surface area contributed by atoms with Crippen LogP contribution in [0.25, 0.3) is 0 Å². The van der Waals surface area contributed by atoms with Crippen molar-refractivity contribution in [2.45, 2.75) is 31.4 Å². The fourth-order valence-corrected chi connectivity index (χ4v) is 3.56. The topological polar surface area (TPSA) is 43.8 Å². The first kappa shape index (κ1) is 15.8. The summed E-state index contributed by atoms with van der Waals surface area (Å²) < 4.78 is 0. The van der Waals surface area contributed by atoms with E-state index >= 15 is 0 Å². The summed E-state index contributed by atoms with van der Waals surface area (Å²) in [5.74, 6) is 0.553. The second kappa shape index (κ2) is 6.57. The maximum atomic E-state index is 12.8. The van der Waals surface area contributed by atoms with Crippen molar-refractivity contribution in [3.63, 3.8) is 0 Å². The molecule has 0 bridgehead atoms. The second-order valence-electron chi connectivity index (χ2n) is 6.53. The Morgan fingerprint density at radius 1 is 1.41 bits per heavy atom. The van der Waals surface area contributed by atoms with Gasteiger partial charge in [-0.15, -0.1) is 0 Å². The van der Waals surface area contributed by atoms with E-state index in [0.717, 1.165) is 19.6 Å². The second-order valence-corrected chi connectivity index (χ2v) is 6.93. The van der Waals surface area contributed by atoms with Gasteiger partial charge in [0.05, 0.1) is 16.7 Å². The van der Waals surface area contributed by atoms with Crippen molar-refractivity contribution in [2.24, 2.45) is 5.92 Å². The molecule has 0 radical (unpaired) electrons. The number of aliphatic hydroxyl groups excluding tert-OH is 1. The normalized spacial score (nSPS) is 21.0. The van der Waals surface area contributed by atoms with Crippen LogP contribution in [0.2, 0.25) is 5.02 Å². The zero-order chi connectivity index (χ0) is 15.7. The fraction of sp³-hybridized carbons (Fsp3) is 0.588. The third-order valence-electron chi connectivity index (χ3n) is 5.00. The summed E-state index contributed by atoms with van der Waals surface area (Å²) >= 11 is 6.17. The van der Waals surface area contributed by atoms with E-state index in [1.165, 1.54) is 19.3 Å². The summed E-state index contributed by atoms with van der Waals surface area (Å²) in [6, 6.07) is 7.42. The van der Waals surface area contributed by atoms with Gasteiger partial charge < -0.3 is 10.0 Å². The molecule has 0 aromatic heterocycles. The molecule has 1 amide bonds. The largest absolute Gasteiger partial charge is 0.390 e. The third-order valence-corrected chi connectivity index (χ3v) is 5.33. The van der Waals surface area contributed by atoms with Gasteiger partial charge in [-0.3, -0.25) is 9.69 Å². The minimum absolute atomic E-state index is 0.0106. The Morgan fingerprint density at radius 3 is 2.64 bits per heavy atom. The summed E-state index contributed by atoms with van der Waals surface area (Å²) in [6.45, 7) is 2.28. The van der Waals surface area contributed by atoms with Crippen molar-refractivity contribution in [2.75, 3.05) is 26.7 Å². The average Bonchev–Trinajstić information content (AvgIpc) is 2.42. The monoisotopic (exact) mass is 322 g/mol. The van der Waals surface area contributed by atoms with E-state index in [1.807, 2.05) is 24.1 Å². The number of carbonyl (C=O) groups is 1. The highest BCUT2D eigenvalue weighted by molar-refractivity contribution is 6.33. The van der Waals surface area contributed by atoms with Crippen molar-refractivity contribution in [3.8, 4) is 0 Å². The predicted molar refractivity (Wildman–Crippen MR) is 87.1 cm³/mol. The molecule has 4 nitrogen and oxygen atoms in total. The predicted octanol–water partition coefficient (Wildman–Crippen LogP) is 2.26. The quantitative estimate of drug-likeness (QED) is 0.904. The van der Waals surface area contributed by atoms with Crippen molar-refractivity contribution in [1.29, 1.82) is 0 Å². The maximum absolute atomic E-state index is 12.8. The molecular formula is C17H23ClN2O2. The Bertz CT molecular complexity index is 541. The number of amides is 1. The minimum Gasteiger partial charge on any atom is -0.390 e. The maximum Gasteiger partial charge on any atom is 0.255 e. The molecule has 1 heterocycles. The van der Waals surface area contributed by atoms with Gasteiger partial charge in [-0.25, -0.2) is 0 Å². The van der Waals surface area contributed by atoms with Crippen LogP contribution in [-0.2, 0) is 0 Å². The number of likely N-dealkylation sites (tertiary alicyclic amines) is 1. The molecule has 1 unspecified atom stereocenters. The molecule has 1 N–H and O–H groups in total. The van der Waals surface area contributed by atoms with Crippen LogP contribution in [0.15, 0.2) is 24.3 Å². The van der Waals surface area contributed by atoms with Gasteiger partial charge in [0.1, 0.15) is 0 Å². The number of halogens is 1. The fourth-order valence-electron chi connectivity index (χ4n) is 3.34. The molecule has 3 rings (SSSR count). The average molecular weight is 323 g/mol. The van der Waals surface area contributed by atoms with Crippen molar-refractivity contribution < 1.29 is 9.90 Å². The Balaban J connectivity index is 1.72. The van der Waals surface area contributed by atoms with Crippen molar-refractivity contribution in [1.82, 2.24) is 9.80 Å². The molecule has 1 saturated carbocycles. The van der Waals surface area contributed by atoms with Crippen molar-refractivity contribution >= 4 is 17.5 Å². The van der Waals surface area contributed by atoms with Crippen LogP contribution < -0.4 is 0 Å². The molecule has 5 heteroatoms. The highest BCUT2D eigenvalue weighted by Crippen LogP contribution is 2.33. The first-order valence-electron chi connectivity index (χ1n) is 7.98. The van der Waals surface area contributed by atoms with Gasteiger partial charge in [-0.1, -0.05) is 30.2 Å². The van der Waals surface area contributed by atoms with Crippen LogP contribution in [0.3, 0.4) is 0 Å². The standard InChI is InChI=1S/C17H23ClN2O2/c1-19(17(22)14-7-2-3-8-15(14)18)16(12-5-4-6-12)11-20-9-13(21)10-20/h2-3,7-8,12-13,16,21H,4-6,9-11H2,1H3. The van der Waals surface area contributed by atoms with E-state index in [-0.39, 0.29) is 18.1 Å². The molecule has 22 heavy (non-hydrogen) atoms. The molecular weight excluding hydrogens is 300 g/mol. The molecule has 120 valence electrons. The highest BCUT2D eigenvalue weighted by Gasteiger charge is 2.36. The van der Waals surface area contributed by atoms with Gasteiger partial charge in [-0.2, -0.15) is 0 Å².